The van der Waals surface area contributed by atoms with E-state index in [2.05, 4.69) is 11.9 Å². The minimum absolute atomic E-state index is 0.254. The highest BCUT2D eigenvalue weighted by molar-refractivity contribution is 5.83. The Balaban J connectivity index is 2.00. The van der Waals surface area contributed by atoms with Crippen molar-refractivity contribution in [3.8, 4) is 0 Å². The van der Waals surface area contributed by atoms with Crippen molar-refractivity contribution in [2.45, 2.75) is 51.0 Å². The monoisotopic (exact) mass is 267 g/mol. The van der Waals surface area contributed by atoms with Crippen LogP contribution in [0.25, 0.3) is 0 Å². The van der Waals surface area contributed by atoms with Crippen LogP contribution in [-0.4, -0.2) is 55.5 Å². The maximum atomic E-state index is 12.9. The zero-order chi connectivity index (χ0) is 13.9. The number of carbonyl (C=O) groups excluding carboxylic acids is 1. The van der Waals surface area contributed by atoms with Gasteiger partial charge in [0.15, 0.2) is 0 Å². The molecule has 0 unspecified atom stereocenters. The van der Waals surface area contributed by atoms with E-state index in [4.69, 9.17) is 5.73 Å². The van der Waals surface area contributed by atoms with Crippen LogP contribution in [0.15, 0.2) is 0 Å². The number of rotatable bonds is 3. The van der Waals surface area contributed by atoms with Gasteiger partial charge in [0.2, 0.25) is 5.91 Å². The molecular formula is C15H29N3O. The Labute approximate surface area is 117 Å². The second-order valence-corrected chi connectivity index (χ2v) is 6.50. The SMILES string of the molecule is CN1CCC(N(C)C(=O)C2(CN)CCCCC2)CC1. The van der Waals surface area contributed by atoms with E-state index < -0.39 is 0 Å². The van der Waals surface area contributed by atoms with Gasteiger partial charge in [-0.2, -0.15) is 0 Å². The van der Waals surface area contributed by atoms with Crippen LogP contribution in [-0.2, 0) is 4.79 Å². The topological polar surface area (TPSA) is 49.6 Å². The highest BCUT2D eigenvalue weighted by Crippen LogP contribution is 2.37. The van der Waals surface area contributed by atoms with Gasteiger partial charge in [-0.05, 0) is 45.8 Å². The average Bonchev–Trinajstić information content (AvgIpc) is 2.47. The normalized spacial score (nSPS) is 25.2. The molecule has 0 atom stereocenters. The van der Waals surface area contributed by atoms with Gasteiger partial charge < -0.3 is 15.5 Å². The summed E-state index contributed by atoms with van der Waals surface area (Å²) in [7, 11) is 4.14. The molecule has 0 spiro atoms. The second-order valence-electron chi connectivity index (χ2n) is 6.50. The molecule has 0 bridgehead atoms. The Hall–Kier alpha value is -0.610. The summed E-state index contributed by atoms with van der Waals surface area (Å²) in [6.45, 7) is 2.71. The van der Waals surface area contributed by atoms with Crippen molar-refractivity contribution in [1.29, 1.82) is 0 Å². The van der Waals surface area contributed by atoms with Gasteiger partial charge in [0, 0.05) is 19.6 Å². The summed E-state index contributed by atoms with van der Waals surface area (Å²) in [4.78, 5) is 17.2. The number of likely N-dealkylation sites (tertiary alicyclic amines) is 1. The highest BCUT2D eigenvalue weighted by Gasteiger charge is 2.41. The van der Waals surface area contributed by atoms with Crippen molar-refractivity contribution in [1.82, 2.24) is 9.80 Å². The zero-order valence-corrected chi connectivity index (χ0v) is 12.5. The maximum Gasteiger partial charge on any atom is 0.230 e. The van der Waals surface area contributed by atoms with Crippen molar-refractivity contribution < 1.29 is 4.79 Å². The molecule has 110 valence electrons. The molecule has 2 rings (SSSR count). The molecule has 0 aromatic heterocycles. The van der Waals surface area contributed by atoms with Crippen molar-refractivity contribution >= 4 is 5.91 Å². The van der Waals surface area contributed by atoms with Crippen LogP contribution >= 0.6 is 0 Å². The van der Waals surface area contributed by atoms with E-state index in [1.807, 2.05) is 11.9 Å². The Morgan fingerprint density at radius 3 is 2.37 bits per heavy atom. The molecule has 2 aliphatic rings. The Bertz CT molecular complexity index is 305. The fraction of sp³-hybridized carbons (Fsp3) is 0.933. The fourth-order valence-corrected chi connectivity index (χ4v) is 3.66. The summed E-state index contributed by atoms with van der Waals surface area (Å²) in [6.07, 6.45) is 7.73. The summed E-state index contributed by atoms with van der Waals surface area (Å²) in [5.41, 5.74) is 5.72. The Kier molecular flexibility index (Phi) is 4.85. The molecule has 0 aromatic rings. The lowest BCUT2D eigenvalue weighted by Gasteiger charge is -2.42. The van der Waals surface area contributed by atoms with Crippen LogP contribution in [0.2, 0.25) is 0 Å². The number of carbonyl (C=O) groups is 1. The highest BCUT2D eigenvalue weighted by atomic mass is 16.2. The first-order valence-electron chi connectivity index (χ1n) is 7.75. The summed E-state index contributed by atoms with van der Waals surface area (Å²) in [5, 5.41) is 0. The van der Waals surface area contributed by atoms with E-state index in [1.165, 1.54) is 6.42 Å². The summed E-state index contributed by atoms with van der Waals surface area (Å²) < 4.78 is 0. The summed E-state index contributed by atoms with van der Waals surface area (Å²) in [5.74, 6) is 0.309. The molecule has 4 heteroatoms. The van der Waals surface area contributed by atoms with Crippen LogP contribution < -0.4 is 5.73 Å². The summed E-state index contributed by atoms with van der Waals surface area (Å²) in [6, 6.07) is 0.411. The van der Waals surface area contributed by atoms with Crippen molar-refractivity contribution in [3.63, 3.8) is 0 Å². The molecule has 19 heavy (non-hydrogen) atoms. The van der Waals surface area contributed by atoms with Crippen molar-refractivity contribution in [2.75, 3.05) is 33.7 Å². The zero-order valence-electron chi connectivity index (χ0n) is 12.5. The lowest BCUT2D eigenvalue weighted by atomic mass is 9.72. The first-order valence-corrected chi connectivity index (χ1v) is 7.75. The number of hydrogen-bond acceptors (Lipinski definition) is 3. The molecule has 0 aromatic carbocycles. The third kappa shape index (κ3) is 3.11. The third-order valence-corrected chi connectivity index (χ3v) is 5.21. The molecule has 2 N–H and O–H groups in total. The number of nitrogens with zero attached hydrogens (tertiary/aromatic N) is 2. The van der Waals surface area contributed by atoms with Crippen LogP contribution in [0.4, 0.5) is 0 Å². The van der Waals surface area contributed by atoms with Gasteiger partial charge in [0.05, 0.1) is 5.41 Å². The van der Waals surface area contributed by atoms with Crippen LogP contribution in [0, 0.1) is 5.41 Å². The molecule has 1 saturated heterocycles. The van der Waals surface area contributed by atoms with Crippen molar-refractivity contribution in [2.24, 2.45) is 11.1 Å². The molecule has 2 fully saturated rings. The van der Waals surface area contributed by atoms with E-state index in [1.54, 1.807) is 0 Å². The molecule has 1 saturated carbocycles. The number of hydrogen-bond donors (Lipinski definition) is 1. The van der Waals surface area contributed by atoms with E-state index in [-0.39, 0.29) is 5.41 Å². The molecular weight excluding hydrogens is 238 g/mol. The van der Waals surface area contributed by atoms with Gasteiger partial charge in [0.1, 0.15) is 0 Å². The minimum Gasteiger partial charge on any atom is -0.342 e. The number of piperidine rings is 1. The van der Waals surface area contributed by atoms with Gasteiger partial charge >= 0.3 is 0 Å². The summed E-state index contributed by atoms with van der Waals surface area (Å²) >= 11 is 0. The first kappa shape index (κ1) is 14.8. The van der Waals surface area contributed by atoms with E-state index >= 15 is 0 Å². The Morgan fingerprint density at radius 2 is 1.84 bits per heavy atom. The molecule has 1 aliphatic heterocycles. The standard InChI is InChI=1S/C15H29N3O/c1-17-10-6-13(7-11-17)18(2)14(19)15(12-16)8-4-3-5-9-15/h13H,3-12,16H2,1-2H3. The second kappa shape index (κ2) is 6.23. The smallest absolute Gasteiger partial charge is 0.230 e. The predicted octanol–water partition coefficient (Wildman–Crippen LogP) is 1.45. The first-order chi connectivity index (χ1) is 9.09. The predicted molar refractivity (Wildman–Crippen MR) is 77.9 cm³/mol. The van der Waals surface area contributed by atoms with Crippen LogP contribution in [0.1, 0.15) is 44.9 Å². The van der Waals surface area contributed by atoms with E-state index in [0.29, 0.717) is 18.5 Å². The van der Waals surface area contributed by atoms with Gasteiger partial charge in [0.25, 0.3) is 0 Å². The molecule has 1 amide bonds. The minimum atomic E-state index is -0.254. The molecule has 0 radical (unpaired) electrons. The van der Waals surface area contributed by atoms with Gasteiger partial charge in [-0.25, -0.2) is 0 Å². The van der Waals surface area contributed by atoms with Crippen LogP contribution in [0.3, 0.4) is 0 Å². The van der Waals surface area contributed by atoms with Crippen molar-refractivity contribution in [3.05, 3.63) is 0 Å². The van der Waals surface area contributed by atoms with Gasteiger partial charge in [-0.3, -0.25) is 4.79 Å². The van der Waals surface area contributed by atoms with E-state index in [9.17, 15) is 4.79 Å². The van der Waals surface area contributed by atoms with Crippen LogP contribution in [0.5, 0.6) is 0 Å². The molecule has 1 heterocycles. The Morgan fingerprint density at radius 1 is 1.26 bits per heavy atom. The number of nitrogens with two attached hydrogens (primary N) is 1. The largest absolute Gasteiger partial charge is 0.342 e. The third-order valence-electron chi connectivity index (χ3n) is 5.21. The van der Waals surface area contributed by atoms with E-state index in [0.717, 1.165) is 51.6 Å². The maximum absolute atomic E-state index is 12.9. The van der Waals surface area contributed by atoms with Gasteiger partial charge in [-0.15, -0.1) is 0 Å². The molecule has 1 aliphatic carbocycles. The average molecular weight is 267 g/mol. The fourth-order valence-electron chi connectivity index (χ4n) is 3.66. The van der Waals surface area contributed by atoms with Gasteiger partial charge in [-0.1, -0.05) is 19.3 Å². The lowest BCUT2D eigenvalue weighted by molar-refractivity contribution is -0.145. The molecule has 4 nitrogen and oxygen atoms in total. The lowest BCUT2D eigenvalue weighted by Crippen LogP contribution is -2.53. The number of amides is 1. The quantitative estimate of drug-likeness (QED) is 0.842.